The Morgan fingerprint density at radius 1 is 1.12 bits per heavy atom. The van der Waals surface area contributed by atoms with E-state index in [9.17, 15) is 14.4 Å². The van der Waals surface area contributed by atoms with Gasteiger partial charge in [0.2, 0.25) is 0 Å². The molecule has 2 rings (SSSR count). The van der Waals surface area contributed by atoms with Crippen molar-refractivity contribution in [2.75, 3.05) is 0 Å². The zero-order valence-electron chi connectivity index (χ0n) is 14.1. The number of aromatic nitrogens is 1. The highest BCUT2D eigenvalue weighted by Gasteiger charge is 2.22. The normalized spacial score (nSPS) is 11.7. The maximum absolute atomic E-state index is 12.1. The third-order valence-corrected chi connectivity index (χ3v) is 3.93. The average Bonchev–Trinajstić information content (AvgIpc) is 3.04. The van der Waals surface area contributed by atoms with Crippen LogP contribution in [0.5, 0.6) is 0 Å². The second-order valence-corrected chi connectivity index (χ2v) is 6.43. The van der Waals surface area contributed by atoms with Crippen LogP contribution in [0.15, 0.2) is 35.7 Å². The molecule has 1 atom stereocenters. The molecule has 0 spiro atoms. The summed E-state index contributed by atoms with van der Waals surface area (Å²) in [7, 11) is 0. The summed E-state index contributed by atoms with van der Waals surface area (Å²) in [5.41, 5.74) is 1.01. The van der Waals surface area contributed by atoms with Crippen LogP contribution < -0.4 is 10.6 Å². The second-order valence-electron chi connectivity index (χ2n) is 5.57. The molecule has 0 unspecified atom stereocenters. The van der Waals surface area contributed by atoms with E-state index in [1.54, 1.807) is 19.2 Å². The maximum atomic E-state index is 12.1. The number of nitrogens with zero attached hydrogens (tertiary/aromatic N) is 1. The first-order chi connectivity index (χ1) is 11.9. The Bertz CT molecular complexity index is 758. The van der Waals surface area contributed by atoms with Crippen molar-refractivity contribution in [3.8, 4) is 10.6 Å². The largest absolute Gasteiger partial charge is 0.448 e. The van der Waals surface area contributed by atoms with Gasteiger partial charge < -0.3 is 10.1 Å². The van der Waals surface area contributed by atoms with Gasteiger partial charge in [-0.3, -0.25) is 10.1 Å². The molecule has 0 radical (unpaired) electrons. The third-order valence-electron chi connectivity index (χ3n) is 3.04. The van der Waals surface area contributed by atoms with Crippen LogP contribution in [0.4, 0.5) is 4.79 Å². The van der Waals surface area contributed by atoms with Crippen LogP contribution in [0.2, 0.25) is 0 Å². The molecule has 0 aliphatic rings. The summed E-state index contributed by atoms with van der Waals surface area (Å²) in [6.07, 6.45) is -1.12. The number of amides is 3. The Hall–Kier alpha value is -2.74. The number of carbonyl (C=O) groups is 3. The number of esters is 1. The van der Waals surface area contributed by atoms with Gasteiger partial charge in [0.25, 0.3) is 5.91 Å². The van der Waals surface area contributed by atoms with Crippen LogP contribution >= 0.6 is 11.3 Å². The van der Waals surface area contributed by atoms with Crippen LogP contribution in [0.1, 0.15) is 31.3 Å². The number of rotatable bonds is 5. The molecule has 3 amide bonds. The minimum absolute atomic E-state index is 0.114. The first-order valence-electron chi connectivity index (χ1n) is 7.70. The van der Waals surface area contributed by atoms with Gasteiger partial charge in [0.1, 0.15) is 5.01 Å². The lowest BCUT2D eigenvalue weighted by Crippen LogP contribution is -2.46. The molecule has 0 aliphatic carbocycles. The van der Waals surface area contributed by atoms with Gasteiger partial charge in [-0.1, -0.05) is 30.3 Å². The van der Waals surface area contributed by atoms with Crippen LogP contribution in [0.25, 0.3) is 10.6 Å². The molecule has 1 aromatic carbocycles. The summed E-state index contributed by atoms with van der Waals surface area (Å²) in [5, 5.41) is 6.88. The molecular formula is C17H19N3O4S. The maximum Gasteiger partial charge on any atom is 0.358 e. The molecule has 0 saturated carbocycles. The molecule has 7 nitrogen and oxygen atoms in total. The number of ether oxygens (including phenoxy) is 1. The lowest BCUT2D eigenvalue weighted by Gasteiger charge is -2.13. The van der Waals surface area contributed by atoms with Crippen molar-refractivity contribution in [3.63, 3.8) is 0 Å². The van der Waals surface area contributed by atoms with Gasteiger partial charge in [-0.25, -0.2) is 14.6 Å². The Kier molecular flexibility index (Phi) is 6.24. The van der Waals surface area contributed by atoms with E-state index in [1.807, 2.05) is 30.3 Å². The topological polar surface area (TPSA) is 97.4 Å². The quantitative estimate of drug-likeness (QED) is 0.798. The average molecular weight is 361 g/mol. The monoisotopic (exact) mass is 361 g/mol. The highest BCUT2D eigenvalue weighted by Crippen LogP contribution is 2.23. The summed E-state index contributed by atoms with van der Waals surface area (Å²) in [4.78, 5) is 39.7. The van der Waals surface area contributed by atoms with E-state index in [4.69, 9.17) is 4.74 Å². The lowest BCUT2D eigenvalue weighted by atomic mass is 10.2. The lowest BCUT2D eigenvalue weighted by molar-refractivity contribution is -0.127. The highest BCUT2D eigenvalue weighted by molar-refractivity contribution is 7.13. The van der Waals surface area contributed by atoms with Gasteiger partial charge in [0.15, 0.2) is 11.8 Å². The fourth-order valence-electron chi connectivity index (χ4n) is 1.87. The molecule has 1 heterocycles. The number of nitrogens with one attached hydrogen (secondary N) is 2. The second kappa shape index (κ2) is 8.39. The fourth-order valence-corrected chi connectivity index (χ4v) is 2.66. The van der Waals surface area contributed by atoms with Crippen LogP contribution in [-0.2, 0) is 9.53 Å². The number of benzene rings is 1. The van der Waals surface area contributed by atoms with E-state index in [0.717, 1.165) is 5.56 Å². The Balaban J connectivity index is 1.94. The van der Waals surface area contributed by atoms with Gasteiger partial charge in [-0.2, -0.15) is 0 Å². The first kappa shape index (κ1) is 18.6. The molecule has 25 heavy (non-hydrogen) atoms. The van der Waals surface area contributed by atoms with Gasteiger partial charge in [0, 0.05) is 17.0 Å². The van der Waals surface area contributed by atoms with Gasteiger partial charge in [-0.15, -0.1) is 11.3 Å². The van der Waals surface area contributed by atoms with Crippen molar-refractivity contribution >= 4 is 29.2 Å². The summed E-state index contributed by atoms with van der Waals surface area (Å²) >= 11 is 1.31. The van der Waals surface area contributed by atoms with Crippen molar-refractivity contribution in [2.24, 2.45) is 0 Å². The molecule has 0 bridgehead atoms. The van der Waals surface area contributed by atoms with E-state index in [1.165, 1.54) is 18.3 Å². The Morgan fingerprint density at radius 3 is 2.44 bits per heavy atom. The van der Waals surface area contributed by atoms with E-state index in [0.29, 0.717) is 5.01 Å². The van der Waals surface area contributed by atoms with Crippen LogP contribution in [0.3, 0.4) is 0 Å². The van der Waals surface area contributed by atoms with Crippen molar-refractivity contribution in [1.82, 2.24) is 15.6 Å². The minimum atomic E-state index is -1.12. The molecule has 2 N–H and O–H groups in total. The number of imide groups is 1. The predicted octanol–water partition coefficient (Wildman–Crippen LogP) is 2.59. The standard InChI is InChI=1S/C17H19N3O4S/c1-10(2)18-17(23)20-14(21)11(3)24-16(22)13-9-25-15(19-13)12-7-5-4-6-8-12/h4-11H,1-3H3,(H2,18,20,21,23)/t11-/m0/s1. The van der Waals surface area contributed by atoms with Crippen LogP contribution in [-0.4, -0.2) is 35.0 Å². The van der Waals surface area contributed by atoms with Gasteiger partial charge >= 0.3 is 12.0 Å². The smallest absolute Gasteiger partial charge is 0.358 e. The molecule has 1 aromatic heterocycles. The fraction of sp³-hybridized carbons (Fsp3) is 0.294. The Morgan fingerprint density at radius 2 is 1.80 bits per heavy atom. The third kappa shape index (κ3) is 5.39. The summed E-state index contributed by atoms with van der Waals surface area (Å²) in [5.74, 6) is -1.42. The molecule has 132 valence electrons. The molecule has 8 heteroatoms. The number of hydrogen-bond donors (Lipinski definition) is 2. The zero-order valence-corrected chi connectivity index (χ0v) is 14.9. The van der Waals surface area contributed by atoms with E-state index in [2.05, 4.69) is 15.6 Å². The minimum Gasteiger partial charge on any atom is -0.448 e. The van der Waals surface area contributed by atoms with E-state index < -0.39 is 24.0 Å². The van der Waals surface area contributed by atoms with Crippen LogP contribution in [0, 0.1) is 0 Å². The zero-order chi connectivity index (χ0) is 18.4. The number of hydrogen-bond acceptors (Lipinski definition) is 6. The summed E-state index contributed by atoms with van der Waals surface area (Å²) in [6, 6.07) is 8.67. The van der Waals surface area contributed by atoms with Crippen molar-refractivity contribution in [3.05, 3.63) is 41.4 Å². The van der Waals surface area contributed by atoms with E-state index in [-0.39, 0.29) is 11.7 Å². The molecule has 0 aliphatic heterocycles. The van der Waals surface area contributed by atoms with Gasteiger partial charge in [0.05, 0.1) is 0 Å². The van der Waals surface area contributed by atoms with Gasteiger partial charge in [-0.05, 0) is 20.8 Å². The highest BCUT2D eigenvalue weighted by atomic mass is 32.1. The summed E-state index contributed by atoms with van der Waals surface area (Å²) < 4.78 is 5.07. The SMILES string of the molecule is CC(C)NC(=O)NC(=O)[C@H](C)OC(=O)c1csc(-c2ccccc2)n1. The first-order valence-corrected chi connectivity index (χ1v) is 8.58. The predicted molar refractivity (Wildman–Crippen MR) is 94.2 cm³/mol. The molecule has 0 fully saturated rings. The number of carbonyl (C=O) groups excluding carboxylic acids is 3. The number of urea groups is 1. The number of thiazole rings is 1. The van der Waals surface area contributed by atoms with Crippen molar-refractivity contribution in [2.45, 2.75) is 32.9 Å². The Labute approximate surface area is 149 Å². The molecular weight excluding hydrogens is 342 g/mol. The molecule has 2 aromatic rings. The van der Waals surface area contributed by atoms with Crippen molar-refractivity contribution < 1.29 is 19.1 Å². The van der Waals surface area contributed by atoms with Crippen molar-refractivity contribution in [1.29, 1.82) is 0 Å². The summed E-state index contributed by atoms with van der Waals surface area (Å²) in [6.45, 7) is 4.92. The van der Waals surface area contributed by atoms with E-state index >= 15 is 0 Å². The molecule has 0 saturated heterocycles.